The van der Waals surface area contributed by atoms with E-state index < -0.39 is 23.6 Å². The molecule has 0 bridgehead atoms. The number of alkyl carbamates (subject to hydrolysis) is 1. The Hall–Kier alpha value is -1.77. The Morgan fingerprint density at radius 3 is 2.52 bits per heavy atom. The number of rotatable bonds is 7. The molecule has 0 saturated heterocycles. The molecule has 2 amide bonds. The van der Waals surface area contributed by atoms with Crippen LogP contribution in [0.15, 0.2) is 9.64 Å². The Balaban J connectivity index is 2.77. The molecule has 0 aromatic carbocycles. The highest BCUT2D eigenvalue weighted by molar-refractivity contribution is 7.99. The number of nitrogens with zero attached hydrogens (tertiary/aromatic N) is 2. The van der Waals surface area contributed by atoms with E-state index in [0.717, 1.165) is 11.8 Å². The molecule has 8 nitrogen and oxygen atoms in total. The fourth-order valence-corrected chi connectivity index (χ4v) is 2.20. The van der Waals surface area contributed by atoms with Crippen LogP contribution >= 0.6 is 11.8 Å². The van der Waals surface area contributed by atoms with E-state index in [-0.39, 0.29) is 16.9 Å². The summed E-state index contributed by atoms with van der Waals surface area (Å²) in [6.07, 6.45) is 0.0640. The maximum absolute atomic E-state index is 12.0. The number of aromatic nitrogens is 2. The van der Waals surface area contributed by atoms with Crippen molar-refractivity contribution in [3.63, 3.8) is 0 Å². The van der Waals surface area contributed by atoms with Crippen LogP contribution in [0, 0.1) is 5.92 Å². The minimum Gasteiger partial charge on any atom is -0.444 e. The highest BCUT2D eigenvalue weighted by Crippen LogP contribution is 2.24. The zero-order valence-electron chi connectivity index (χ0n) is 14.1. The van der Waals surface area contributed by atoms with Crippen molar-refractivity contribution in [1.29, 1.82) is 0 Å². The highest BCUT2D eigenvalue weighted by Gasteiger charge is 2.25. The first kappa shape index (κ1) is 19.3. The number of nitrogens with one attached hydrogen (secondary N) is 1. The van der Waals surface area contributed by atoms with Crippen LogP contribution in [0.3, 0.4) is 0 Å². The molecule has 23 heavy (non-hydrogen) atoms. The number of amides is 2. The summed E-state index contributed by atoms with van der Waals surface area (Å²) in [7, 11) is 0. The maximum Gasteiger partial charge on any atom is 0.408 e. The number of hydrogen-bond donors (Lipinski definition) is 2. The van der Waals surface area contributed by atoms with Crippen LogP contribution in [-0.4, -0.2) is 33.6 Å². The molecular formula is C14H24N4O4S. The van der Waals surface area contributed by atoms with Crippen molar-refractivity contribution in [1.82, 2.24) is 15.5 Å². The molecule has 0 aliphatic carbocycles. The highest BCUT2D eigenvalue weighted by atomic mass is 32.2. The summed E-state index contributed by atoms with van der Waals surface area (Å²) >= 11 is 1.06. The molecule has 1 heterocycles. The summed E-state index contributed by atoms with van der Waals surface area (Å²) in [5.74, 6) is 0.149. The lowest BCUT2D eigenvalue weighted by atomic mass is 10.0. The molecule has 130 valence electrons. The predicted molar refractivity (Wildman–Crippen MR) is 85.8 cm³/mol. The topological polar surface area (TPSA) is 120 Å². The standard InChI is InChI=1S/C14H24N4O4S/c1-8(2)6-9(16-12(20)22-14(3,4)5)11-17-18-13(21-11)23-7-10(15)19/h8-9H,6-7H2,1-5H3,(H2,15,19)(H,16,20)/t9-/m0/s1. The number of ether oxygens (including phenoxy) is 1. The summed E-state index contributed by atoms with van der Waals surface area (Å²) in [5, 5.41) is 10.8. The van der Waals surface area contributed by atoms with Crippen molar-refractivity contribution in [3.8, 4) is 0 Å². The summed E-state index contributed by atoms with van der Waals surface area (Å²) in [4.78, 5) is 22.7. The molecule has 0 radical (unpaired) electrons. The van der Waals surface area contributed by atoms with Gasteiger partial charge in [-0.05, 0) is 33.1 Å². The SMILES string of the molecule is CC(C)C[C@H](NC(=O)OC(C)(C)C)c1nnc(SCC(N)=O)o1. The minimum atomic E-state index is -0.593. The van der Waals surface area contributed by atoms with Gasteiger partial charge in [0, 0.05) is 0 Å². The fourth-order valence-electron chi connectivity index (χ4n) is 1.70. The van der Waals surface area contributed by atoms with E-state index in [9.17, 15) is 9.59 Å². The van der Waals surface area contributed by atoms with Gasteiger partial charge in [-0.25, -0.2) is 4.79 Å². The van der Waals surface area contributed by atoms with Gasteiger partial charge in [-0.1, -0.05) is 25.6 Å². The van der Waals surface area contributed by atoms with Crippen LogP contribution in [0.2, 0.25) is 0 Å². The van der Waals surface area contributed by atoms with Crippen LogP contribution in [0.25, 0.3) is 0 Å². The molecule has 0 saturated carbocycles. The average Bonchev–Trinajstić information content (AvgIpc) is 2.81. The summed E-state index contributed by atoms with van der Waals surface area (Å²) in [6.45, 7) is 9.39. The lowest BCUT2D eigenvalue weighted by molar-refractivity contribution is -0.115. The summed E-state index contributed by atoms with van der Waals surface area (Å²) < 4.78 is 10.7. The zero-order chi connectivity index (χ0) is 17.6. The molecule has 0 aliphatic rings. The Morgan fingerprint density at radius 1 is 1.35 bits per heavy atom. The van der Waals surface area contributed by atoms with Gasteiger partial charge in [0.25, 0.3) is 5.22 Å². The van der Waals surface area contributed by atoms with E-state index in [4.69, 9.17) is 14.9 Å². The third-order valence-electron chi connectivity index (χ3n) is 2.46. The number of hydrogen-bond acceptors (Lipinski definition) is 7. The second-order valence-corrected chi connectivity index (χ2v) is 7.42. The van der Waals surface area contributed by atoms with Crippen molar-refractivity contribution >= 4 is 23.8 Å². The van der Waals surface area contributed by atoms with E-state index in [2.05, 4.69) is 15.5 Å². The number of primary amides is 1. The van der Waals surface area contributed by atoms with Gasteiger partial charge < -0.3 is 20.2 Å². The van der Waals surface area contributed by atoms with E-state index in [1.165, 1.54) is 0 Å². The maximum atomic E-state index is 12.0. The molecule has 1 aromatic rings. The quantitative estimate of drug-likeness (QED) is 0.728. The van der Waals surface area contributed by atoms with Crippen LogP contribution < -0.4 is 11.1 Å². The fraction of sp³-hybridized carbons (Fsp3) is 0.714. The third-order valence-corrected chi connectivity index (χ3v) is 3.30. The van der Waals surface area contributed by atoms with Crippen LogP contribution in [-0.2, 0) is 9.53 Å². The Morgan fingerprint density at radius 2 is 2.00 bits per heavy atom. The van der Waals surface area contributed by atoms with Gasteiger partial charge in [-0.15, -0.1) is 10.2 Å². The second-order valence-electron chi connectivity index (χ2n) is 6.49. The zero-order valence-corrected chi connectivity index (χ0v) is 14.9. The van der Waals surface area contributed by atoms with Crippen molar-refractivity contribution in [2.75, 3.05) is 5.75 Å². The predicted octanol–water partition coefficient (Wildman–Crippen LogP) is 2.26. The smallest absolute Gasteiger partial charge is 0.408 e. The number of thioether (sulfide) groups is 1. The molecule has 1 rings (SSSR count). The van der Waals surface area contributed by atoms with Crippen LogP contribution in [0.5, 0.6) is 0 Å². The van der Waals surface area contributed by atoms with Crippen molar-refractivity contribution in [3.05, 3.63) is 5.89 Å². The van der Waals surface area contributed by atoms with Crippen LogP contribution in [0.4, 0.5) is 4.79 Å². The number of carbonyl (C=O) groups excluding carboxylic acids is 2. The van der Waals surface area contributed by atoms with Gasteiger partial charge in [-0.2, -0.15) is 0 Å². The third kappa shape index (κ3) is 7.87. The van der Waals surface area contributed by atoms with Gasteiger partial charge >= 0.3 is 6.09 Å². The molecule has 3 N–H and O–H groups in total. The normalized spacial score (nSPS) is 13.0. The van der Waals surface area contributed by atoms with Gasteiger partial charge in [0.05, 0.1) is 5.75 Å². The molecule has 0 unspecified atom stereocenters. The van der Waals surface area contributed by atoms with E-state index in [1.807, 2.05) is 13.8 Å². The van der Waals surface area contributed by atoms with Crippen molar-refractivity contribution < 1.29 is 18.7 Å². The molecule has 1 atom stereocenters. The van der Waals surface area contributed by atoms with E-state index >= 15 is 0 Å². The first-order valence-corrected chi connectivity index (χ1v) is 8.29. The lowest BCUT2D eigenvalue weighted by Crippen LogP contribution is -2.35. The van der Waals surface area contributed by atoms with Gasteiger partial charge in [0.1, 0.15) is 11.6 Å². The molecule has 1 aromatic heterocycles. The summed E-state index contributed by atoms with van der Waals surface area (Å²) in [6, 6.07) is -0.458. The number of nitrogens with two attached hydrogens (primary N) is 1. The average molecular weight is 344 g/mol. The van der Waals surface area contributed by atoms with Crippen molar-refractivity contribution in [2.45, 2.75) is 57.9 Å². The minimum absolute atomic E-state index is 0.0516. The monoisotopic (exact) mass is 344 g/mol. The van der Waals surface area contributed by atoms with Gasteiger partial charge in [0.15, 0.2) is 0 Å². The van der Waals surface area contributed by atoms with Crippen molar-refractivity contribution in [2.24, 2.45) is 11.7 Å². The molecular weight excluding hydrogens is 320 g/mol. The lowest BCUT2D eigenvalue weighted by Gasteiger charge is -2.22. The molecule has 9 heteroatoms. The Labute approximate surface area is 139 Å². The molecule has 0 spiro atoms. The van der Waals surface area contributed by atoms with Crippen LogP contribution in [0.1, 0.15) is 53.0 Å². The van der Waals surface area contributed by atoms with Gasteiger partial charge in [-0.3, -0.25) is 4.79 Å². The Kier molecular flexibility index (Phi) is 6.86. The first-order chi connectivity index (χ1) is 10.6. The Bertz CT molecular complexity index is 539. The van der Waals surface area contributed by atoms with Gasteiger partial charge in [0.2, 0.25) is 11.8 Å². The molecule has 0 aliphatic heterocycles. The van der Waals surface area contributed by atoms with E-state index in [1.54, 1.807) is 20.8 Å². The van der Waals surface area contributed by atoms with E-state index in [0.29, 0.717) is 12.3 Å². The largest absolute Gasteiger partial charge is 0.444 e. The molecule has 0 fully saturated rings. The number of carbonyl (C=O) groups is 2. The first-order valence-electron chi connectivity index (χ1n) is 7.31. The summed E-state index contributed by atoms with van der Waals surface area (Å²) in [5.41, 5.74) is 4.48. The second kappa shape index (κ2) is 8.19.